The smallest absolute Gasteiger partial charge is 0.282 e. The number of carbonyl (C=O) groups is 2. The summed E-state index contributed by atoms with van der Waals surface area (Å²) >= 11 is 0. The predicted octanol–water partition coefficient (Wildman–Crippen LogP) is 5.44. The van der Waals surface area contributed by atoms with E-state index in [0.717, 1.165) is 35.4 Å². The number of fused-ring (bicyclic) bond motifs is 1. The summed E-state index contributed by atoms with van der Waals surface area (Å²) in [5, 5.41) is 0. The Bertz CT molecular complexity index is 1310. The van der Waals surface area contributed by atoms with Crippen LogP contribution in [0.1, 0.15) is 35.6 Å². The summed E-state index contributed by atoms with van der Waals surface area (Å²) < 4.78 is 5.59. The topological polar surface area (TPSA) is 49.9 Å². The van der Waals surface area contributed by atoms with Gasteiger partial charge in [-0.25, -0.2) is 4.90 Å². The number of rotatable bonds is 5. The molecule has 0 saturated heterocycles. The molecule has 5 rings (SSSR count). The van der Waals surface area contributed by atoms with Gasteiger partial charge in [0.25, 0.3) is 11.8 Å². The molecule has 34 heavy (non-hydrogen) atoms. The summed E-state index contributed by atoms with van der Waals surface area (Å²) in [7, 11) is 0. The van der Waals surface area contributed by atoms with Gasteiger partial charge in [0.15, 0.2) is 0 Å². The van der Waals surface area contributed by atoms with Gasteiger partial charge in [-0.1, -0.05) is 42.5 Å². The van der Waals surface area contributed by atoms with Crippen molar-refractivity contribution in [2.75, 3.05) is 23.0 Å². The van der Waals surface area contributed by atoms with Crippen LogP contribution < -0.4 is 14.5 Å². The highest BCUT2D eigenvalue weighted by Crippen LogP contribution is 2.40. The molecule has 0 unspecified atom stereocenters. The first kappa shape index (κ1) is 22.0. The van der Waals surface area contributed by atoms with Crippen molar-refractivity contribution in [2.24, 2.45) is 0 Å². The van der Waals surface area contributed by atoms with Gasteiger partial charge in [-0.15, -0.1) is 0 Å². The molecule has 0 aliphatic carbocycles. The summed E-state index contributed by atoms with van der Waals surface area (Å²) in [6.07, 6.45) is 1.88. The zero-order valence-electron chi connectivity index (χ0n) is 19.8. The second-order valence-corrected chi connectivity index (χ2v) is 8.73. The molecule has 5 heteroatoms. The lowest BCUT2D eigenvalue weighted by Crippen LogP contribution is -2.37. The molecular weight excluding hydrogens is 424 g/mol. The Morgan fingerprint density at radius 3 is 2.35 bits per heavy atom. The van der Waals surface area contributed by atoms with Crippen molar-refractivity contribution < 1.29 is 14.3 Å². The number of imide groups is 1. The first-order valence-electron chi connectivity index (χ1n) is 11.8. The van der Waals surface area contributed by atoms with Gasteiger partial charge in [-0.2, -0.15) is 0 Å². The van der Waals surface area contributed by atoms with Crippen LogP contribution in [-0.4, -0.2) is 25.0 Å². The Morgan fingerprint density at radius 2 is 1.59 bits per heavy atom. The van der Waals surface area contributed by atoms with E-state index in [2.05, 4.69) is 6.07 Å². The molecule has 0 N–H and O–H groups in total. The first-order chi connectivity index (χ1) is 16.5. The third kappa shape index (κ3) is 3.58. The van der Waals surface area contributed by atoms with Crippen LogP contribution in [0.25, 0.3) is 5.57 Å². The van der Waals surface area contributed by atoms with Crippen LogP contribution in [0.3, 0.4) is 0 Å². The Balaban J connectivity index is 1.68. The minimum atomic E-state index is -0.291. The zero-order valence-corrected chi connectivity index (χ0v) is 19.8. The van der Waals surface area contributed by atoms with Crippen LogP contribution in [0.2, 0.25) is 0 Å². The highest BCUT2D eigenvalue weighted by molar-refractivity contribution is 6.46. The summed E-state index contributed by atoms with van der Waals surface area (Å²) in [6.45, 7) is 7.13. The molecule has 0 radical (unpaired) electrons. The van der Waals surface area contributed by atoms with Gasteiger partial charge in [0.05, 0.1) is 17.9 Å². The molecule has 2 heterocycles. The summed E-state index contributed by atoms with van der Waals surface area (Å²) in [5.41, 5.74) is 6.39. The molecule has 5 nitrogen and oxygen atoms in total. The monoisotopic (exact) mass is 452 g/mol. The normalized spacial score (nSPS) is 15.7. The maximum absolute atomic E-state index is 14.0. The highest BCUT2D eigenvalue weighted by Gasteiger charge is 2.44. The van der Waals surface area contributed by atoms with E-state index in [9.17, 15) is 9.59 Å². The van der Waals surface area contributed by atoms with E-state index in [1.807, 2.05) is 86.3 Å². The Hall–Kier alpha value is -3.86. The van der Waals surface area contributed by atoms with Crippen molar-refractivity contribution in [1.82, 2.24) is 0 Å². The first-order valence-corrected chi connectivity index (χ1v) is 11.8. The molecule has 0 atom stereocenters. The minimum Gasteiger partial charge on any atom is -0.494 e. The van der Waals surface area contributed by atoms with Crippen molar-refractivity contribution in [2.45, 2.75) is 33.6 Å². The Labute approximate surface area is 200 Å². The van der Waals surface area contributed by atoms with Crippen molar-refractivity contribution >= 4 is 28.8 Å². The Morgan fingerprint density at radius 1 is 0.853 bits per heavy atom. The van der Waals surface area contributed by atoms with Crippen LogP contribution in [0.4, 0.5) is 11.4 Å². The Kier molecular flexibility index (Phi) is 5.70. The molecule has 3 aromatic carbocycles. The molecule has 2 aliphatic rings. The number of anilines is 2. The molecule has 0 spiro atoms. The average molecular weight is 453 g/mol. The molecular formula is C29H28N2O3. The summed E-state index contributed by atoms with van der Waals surface area (Å²) in [6, 6.07) is 21.3. The van der Waals surface area contributed by atoms with Crippen LogP contribution in [0, 0.1) is 13.8 Å². The molecule has 0 bridgehead atoms. The second-order valence-electron chi connectivity index (χ2n) is 8.73. The van der Waals surface area contributed by atoms with E-state index in [1.54, 1.807) is 0 Å². The molecule has 0 saturated carbocycles. The number of para-hydroxylation sites is 1. The number of amides is 2. The largest absolute Gasteiger partial charge is 0.494 e. The standard InChI is InChI=1S/C29H28N2O3/c1-4-34-23-16-14-22(15-17-23)26-27(30-18-8-11-21-10-5-6-12-25(21)30)29(33)31(28(26)32)24-13-7-9-19(2)20(24)3/h5-7,9-10,12-17H,4,8,11,18H2,1-3H3. The van der Waals surface area contributed by atoms with Crippen LogP contribution in [0.15, 0.2) is 72.4 Å². The third-order valence-electron chi connectivity index (χ3n) is 6.71. The van der Waals surface area contributed by atoms with E-state index >= 15 is 0 Å². The van der Waals surface area contributed by atoms with Gasteiger partial charge in [0, 0.05) is 12.2 Å². The van der Waals surface area contributed by atoms with E-state index in [-0.39, 0.29) is 11.8 Å². The van der Waals surface area contributed by atoms with Crippen molar-refractivity contribution in [3.05, 3.63) is 94.7 Å². The second kappa shape index (κ2) is 8.82. The number of benzene rings is 3. The van der Waals surface area contributed by atoms with Crippen molar-refractivity contribution in [3.63, 3.8) is 0 Å². The molecule has 0 aromatic heterocycles. The van der Waals surface area contributed by atoms with Gasteiger partial charge >= 0.3 is 0 Å². The minimum absolute atomic E-state index is 0.278. The van der Waals surface area contributed by atoms with Crippen molar-refractivity contribution in [3.8, 4) is 5.75 Å². The number of carbonyl (C=O) groups excluding carboxylic acids is 2. The maximum Gasteiger partial charge on any atom is 0.282 e. The molecule has 2 aliphatic heterocycles. The number of hydrogen-bond donors (Lipinski definition) is 0. The fourth-order valence-corrected chi connectivity index (χ4v) is 4.88. The summed E-state index contributed by atoms with van der Waals surface area (Å²) in [5.74, 6) is 0.167. The number of nitrogens with zero attached hydrogens (tertiary/aromatic N) is 2. The van der Waals surface area contributed by atoms with Gasteiger partial charge in [0.1, 0.15) is 11.4 Å². The molecule has 172 valence electrons. The zero-order chi connectivity index (χ0) is 23.8. The number of ether oxygens (including phenoxy) is 1. The quantitative estimate of drug-likeness (QED) is 0.484. The lowest BCUT2D eigenvalue weighted by Gasteiger charge is -2.32. The van der Waals surface area contributed by atoms with E-state index in [4.69, 9.17) is 4.74 Å². The summed E-state index contributed by atoms with van der Waals surface area (Å²) in [4.78, 5) is 31.4. The van der Waals surface area contributed by atoms with Gasteiger partial charge in [-0.05, 0) is 80.1 Å². The average Bonchev–Trinajstić information content (AvgIpc) is 3.11. The molecule has 0 fully saturated rings. The van der Waals surface area contributed by atoms with Crippen LogP contribution in [-0.2, 0) is 16.0 Å². The number of hydrogen-bond acceptors (Lipinski definition) is 4. The highest BCUT2D eigenvalue weighted by atomic mass is 16.5. The van der Waals surface area contributed by atoms with Gasteiger partial charge < -0.3 is 9.64 Å². The fourth-order valence-electron chi connectivity index (χ4n) is 4.88. The fraction of sp³-hybridized carbons (Fsp3) is 0.241. The van der Waals surface area contributed by atoms with Crippen LogP contribution >= 0.6 is 0 Å². The lowest BCUT2D eigenvalue weighted by atomic mass is 9.98. The number of aryl methyl sites for hydroxylation is 2. The van der Waals surface area contributed by atoms with Gasteiger partial charge in [0.2, 0.25) is 0 Å². The van der Waals surface area contributed by atoms with Crippen LogP contribution in [0.5, 0.6) is 5.75 Å². The molecule has 3 aromatic rings. The van der Waals surface area contributed by atoms with Gasteiger partial charge in [-0.3, -0.25) is 9.59 Å². The van der Waals surface area contributed by atoms with E-state index < -0.39 is 0 Å². The molecule has 2 amide bonds. The SMILES string of the molecule is CCOc1ccc(C2=C(N3CCCc4ccccc43)C(=O)N(c3cccc(C)c3C)C2=O)cc1. The van der Waals surface area contributed by atoms with E-state index in [0.29, 0.717) is 35.7 Å². The van der Waals surface area contributed by atoms with Crippen molar-refractivity contribution in [1.29, 1.82) is 0 Å². The third-order valence-corrected chi connectivity index (χ3v) is 6.71. The maximum atomic E-state index is 14.0. The lowest BCUT2D eigenvalue weighted by molar-refractivity contribution is -0.120. The predicted molar refractivity (Wildman–Crippen MR) is 135 cm³/mol. The van der Waals surface area contributed by atoms with E-state index in [1.165, 1.54) is 10.5 Å².